The number of nitrogens with zero attached hydrogens (tertiary/aromatic N) is 2. The van der Waals surface area contributed by atoms with Gasteiger partial charge in [-0.15, -0.1) is 35.3 Å². The van der Waals surface area contributed by atoms with E-state index >= 15 is 0 Å². The highest BCUT2D eigenvalue weighted by Crippen LogP contribution is 2.33. The van der Waals surface area contributed by atoms with Crippen LogP contribution < -0.4 is 10.6 Å². The molecular weight excluding hydrogens is 471 g/mol. The molecule has 0 radical (unpaired) electrons. The number of hydrogen-bond acceptors (Lipinski definition) is 4. The Hall–Kier alpha value is -0.410. The molecule has 1 aliphatic heterocycles. The Morgan fingerprint density at radius 3 is 2.67 bits per heavy atom. The number of aryl methyl sites for hydroxylation is 2. The minimum absolute atomic E-state index is 0. The minimum atomic E-state index is 0. The van der Waals surface area contributed by atoms with Gasteiger partial charge in [-0.25, -0.2) is 4.98 Å². The van der Waals surface area contributed by atoms with Gasteiger partial charge in [0.05, 0.1) is 16.8 Å². The van der Waals surface area contributed by atoms with Gasteiger partial charge in [-0.2, -0.15) is 0 Å². The summed E-state index contributed by atoms with van der Waals surface area (Å²) in [6.45, 7) is 13.8. The van der Waals surface area contributed by atoms with Crippen molar-refractivity contribution in [1.29, 1.82) is 0 Å². The molecule has 27 heavy (non-hydrogen) atoms. The molecule has 2 atom stereocenters. The molecule has 0 aliphatic carbocycles. The first-order chi connectivity index (χ1) is 12.3. The van der Waals surface area contributed by atoms with Crippen molar-refractivity contribution < 1.29 is 4.74 Å². The maximum atomic E-state index is 6.08. The first-order valence-corrected chi connectivity index (χ1v) is 10.7. The van der Waals surface area contributed by atoms with Crippen molar-refractivity contribution in [2.75, 3.05) is 26.7 Å². The lowest BCUT2D eigenvalue weighted by molar-refractivity contribution is -0.0835. The van der Waals surface area contributed by atoms with Crippen LogP contribution in [0.1, 0.15) is 56.1 Å². The van der Waals surface area contributed by atoms with E-state index in [1.54, 1.807) is 0 Å². The molecule has 0 spiro atoms. The fraction of sp³-hybridized carbons (Fsp3) is 0.800. The Bertz CT molecular complexity index is 597. The maximum Gasteiger partial charge on any atom is 0.191 e. The number of nitrogens with one attached hydrogen (secondary N) is 2. The number of aromatic nitrogens is 1. The predicted octanol–water partition coefficient (Wildman–Crippen LogP) is 4.18. The predicted molar refractivity (Wildman–Crippen MR) is 127 cm³/mol. The van der Waals surface area contributed by atoms with E-state index in [0.717, 1.165) is 44.9 Å². The standard InChI is InChI=1S/C20H36N4OS.HI/c1-7-16-14(2)26-17(24-16)10-11-22-19(21-6)23-13-15-9-8-12-25-18(15)20(3,4)5;/h15,18H,7-13H2,1-6H3,(H2,21,22,23);1H. The summed E-state index contributed by atoms with van der Waals surface area (Å²) in [6, 6.07) is 0. The van der Waals surface area contributed by atoms with Crippen LogP contribution in [0.3, 0.4) is 0 Å². The number of thiazole rings is 1. The van der Waals surface area contributed by atoms with Gasteiger partial charge in [-0.1, -0.05) is 27.7 Å². The van der Waals surface area contributed by atoms with Gasteiger partial charge in [0.15, 0.2) is 5.96 Å². The number of halogens is 1. The van der Waals surface area contributed by atoms with Gasteiger partial charge in [0.25, 0.3) is 0 Å². The molecular formula is C20H37IN4OS. The minimum Gasteiger partial charge on any atom is -0.377 e. The fourth-order valence-corrected chi connectivity index (χ4v) is 4.69. The zero-order valence-electron chi connectivity index (χ0n) is 17.7. The van der Waals surface area contributed by atoms with Crippen LogP contribution in [-0.2, 0) is 17.6 Å². The number of ether oxygens (including phenoxy) is 1. The average Bonchev–Trinajstić information content (AvgIpc) is 2.97. The van der Waals surface area contributed by atoms with Gasteiger partial charge in [0, 0.05) is 44.0 Å². The van der Waals surface area contributed by atoms with Crippen molar-refractivity contribution in [3.8, 4) is 0 Å². The van der Waals surface area contributed by atoms with E-state index in [2.05, 4.69) is 50.2 Å². The number of guanidine groups is 1. The molecule has 0 amide bonds. The Kier molecular flexibility index (Phi) is 10.5. The van der Waals surface area contributed by atoms with Crippen molar-refractivity contribution in [2.24, 2.45) is 16.3 Å². The lowest BCUT2D eigenvalue weighted by Crippen LogP contribution is -2.47. The van der Waals surface area contributed by atoms with Gasteiger partial charge in [-0.05, 0) is 31.6 Å². The number of hydrogen-bond donors (Lipinski definition) is 2. The third-order valence-corrected chi connectivity index (χ3v) is 6.03. The van der Waals surface area contributed by atoms with E-state index in [4.69, 9.17) is 9.72 Å². The van der Waals surface area contributed by atoms with E-state index < -0.39 is 0 Å². The SMILES string of the molecule is CCc1nc(CCNC(=NC)NCC2CCCOC2C(C)(C)C)sc1C.I. The Morgan fingerprint density at radius 2 is 2.07 bits per heavy atom. The van der Waals surface area contributed by atoms with E-state index in [1.165, 1.54) is 22.0 Å². The van der Waals surface area contributed by atoms with E-state index in [1.807, 2.05) is 18.4 Å². The summed E-state index contributed by atoms with van der Waals surface area (Å²) in [4.78, 5) is 10.4. The first-order valence-electron chi connectivity index (χ1n) is 9.86. The Balaban J connectivity index is 0.00000364. The van der Waals surface area contributed by atoms with Crippen LogP contribution in [0.4, 0.5) is 0 Å². The molecule has 1 fully saturated rings. The first kappa shape index (κ1) is 24.6. The molecule has 0 aromatic carbocycles. The molecule has 2 N–H and O–H groups in total. The van der Waals surface area contributed by atoms with Crippen LogP contribution in [0.5, 0.6) is 0 Å². The second kappa shape index (κ2) is 11.6. The number of rotatable bonds is 6. The average molecular weight is 509 g/mol. The molecule has 0 bridgehead atoms. The van der Waals surface area contributed by atoms with E-state index in [0.29, 0.717) is 12.0 Å². The Morgan fingerprint density at radius 1 is 1.33 bits per heavy atom. The van der Waals surface area contributed by atoms with Crippen LogP contribution in [0, 0.1) is 18.3 Å². The molecule has 2 heterocycles. The van der Waals surface area contributed by atoms with Crippen molar-refractivity contribution in [1.82, 2.24) is 15.6 Å². The molecule has 1 aromatic heterocycles. The van der Waals surface area contributed by atoms with Crippen LogP contribution in [0.15, 0.2) is 4.99 Å². The zero-order chi connectivity index (χ0) is 19.2. The van der Waals surface area contributed by atoms with E-state index in [-0.39, 0.29) is 29.4 Å². The normalized spacial score (nSPS) is 20.9. The Labute approximate surface area is 186 Å². The lowest BCUT2D eigenvalue weighted by atomic mass is 9.78. The summed E-state index contributed by atoms with van der Waals surface area (Å²) in [5.74, 6) is 1.39. The molecule has 1 aromatic rings. The summed E-state index contributed by atoms with van der Waals surface area (Å²) in [5, 5.41) is 8.12. The van der Waals surface area contributed by atoms with Crippen molar-refractivity contribution in [2.45, 2.75) is 66.4 Å². The van der Waals surface area contributed by atoms with Crippen LogP contribution in [-0.4, -0.2) is 43.8 Å². The summed E-state index contributed by atoms with van der Waals surface area (Å²) in [5.41, 5.74) is 1.40. The quantitative estimate of drug-likeness (QED) is 0.344. The number of aliphatic imine (C=N–C) groups is 1. The van der Waals surface area contributed by atoms with Crippen molar-refractivity contribution in [3.63, 3.8) is 0 Å². The topological polar surface area (TPSA) is 58.5 Å². The summed E-state index contributed by atoms with van der Waals surface area (Å²) < 4.78 is 6.08. The monoisotopic (exact) mass is 508 g/mol. The third-order valence-electron chi connectivity index (χ3n) is 4.96. The van der Waals surface area contributed by atoms with Gasteiger partial charge >= 0.3 is 0 Å². The second-order valence-corrected chi connectivity index (χ2v) is 9.44. The zero-order valence-corrected chi connectivity index (χ0v) is 20.9. The second-order valence-electron chi connectivity index (χ2n) is 8.15. The molecule has 7 heteroatoms. The molecule has 2 unspecified atom stereocenters. The molecule has 156 valence electrons. The summed E-state index contributed by atoms with van der Waals surface area (Å²) in [7, 11) is 1.83. The van der Waals surface area contributed by atoms with Gasteiger partial charge in [0.2, 0.25) is 0 Å². The highest BCUT2D eigenvalue weighted by atomic mass is 127. The molecule has 2 rings (SSSR count). The summed E-state index contributed by atoms with van der Waals surface area (Å²) in [6.07, 6.45) is 4.60. The van der Waals surface area contributed by atoms with E-state index in [9.17, 15) is 0 Å². The van der Waals surface area contributed by atoms with Gasteiger partial charge < -0.3 is 15.4 Å². The summed E-state index contributed by atoms with van der Waals surface area (Å²) >= 11 is 1.81. The smallest absolute Gasteiger partial charge is 0.191 e. The molecule has 1 saturated heterocycles. The molecule has 5 nitrogen and oxygen atoms in total. The van der Waals surface area contributed by atoms with Crippen LogP contribution in [0.2, 0.25) is 0 Å². The largest absolute Gasteiger partial charge is 0.377 e. The maximum absolute atomic E-state index is 6.08. The highest BCUT2D eigenvalue weighted by molar-refractivity contribution is 14.0. The fourth-order valence-electron chi connectivity index (χ4n) is 3.67. The van der Waals surface area contributed by atoms with Gasteiger partial charge in [0.1, 0.15) is 0 Å². The lowest BCUT2D eigenvalue weighted by Gasteiger charge is -2.40. The van der Waals surface area contributed by atoms with Crippen molar-refractivity contribution >= 4 is 41.3 Å². The van der Waals surface area contributed by atoms with Crippen LogP contribution >= 0.6 is 35.3 Å². The molecule has 0 saturated carbocycles. The molecule has 1 aliphatic rings. The van der Waals surface area contributed by atoms with Crippen LogP contribution in [0.25, 0.3) is 0 Å². The van der Waals surface area contributed by atoms with Crippen molar-refractivity contribution in [3.05, 3.63) is 15.6 Å². The third kappa shape index (κ3) is 7.49. The van der Waals surface area contributed by atoms with Gasteiger partial charge in [-0.3, -0.25) is 4.99 Å². The highest BCUT2D eigenvalue weighted by Gasteiger charge is 2.35.